The summed E-state index contributed by atoms with van der Waals surface area (Å²) in [7, 11) is 0. The summed E-state index contributed by atoms with van der Waals surface area (Å²) in [5.41, 5.74) is -2.32. The largest absolute Gasteiger partial charge is 0.574 e. The summed E-state index contributed by atoms with van der Waals surface area (Å²) in [6.07, 6.45) is -6.24. The Morgan fingerprint density at radius 1 is 1.29 bits per heavy atom. The number of ether oxygens (including phenoxy) is 2. The van der Waals surface area contributed by atoms with Gasteiger partial charge < -0.3 is 24.8 Å². The van der Waals surface area contributed by atoms with E-state index in [1.165, 1.54) is 18.2 Å². The second-order valence-electron chi connectivity index (χ2n) is 9.81. The highest BCUT2D eigenvalue weighted by atomic mass is 35.5. The fourth-order valence-corrected chi connectivity index (χ4v) is 5.42. The number of amides is 4. The van der Waals surface area contributed by atoms with E-state index in [2.05, 4.69) is 20.4 Å². The predicted molar refractivity (Wildman–Crippen MR) is 129 cm³/mol. The number of nitrogens with zero attached hydrogens (tertiary/aromatic N) is 2. The summed E-state index contributed by atoms with van der Waals surface area (Å²) >= 11 is 6.29. The molecular weight excluding hydrogens is 580 g/mol. The number of aliphatic hydroxyl groups is 1. The number of hydrogen-bond acceptors (Lipinski definition) is 8. The average molecular weight is 601 g/mol. The Morgan fingerprint density at radius 3 is 2.71 bits per heavy atom. The molecule has 4 amide bonds. The Hall–Kier alpha value is -3.98. The van der Waals surface area contributed by atoms with Crippen LogP contribution in [0.25, 0.3) is 0 Å². The summed E-state index contributed by atoms with van der Waals surface area (Å²) in [5.74, 6) is -3.68. The van der Waals surface area contributed by atoms with Gasteiger partial charge in [-0.1, -0.05) is 11.6 Å². The van der Waals surface area contributed by atoms with Crippen molar-refractivity contribution >= 4 is 35.4 Å². The molecule has 3 N–H and O–H groups in total. The molecule has 2 aromatic rings. The maximum absolute atomic E-state index is 15.4. The van der Waals surface area contributed by atoms with Crippen LogP contribution in [0.15, 0.2) is 24.4 Å². The number of piperidine rings is 1. The van der Waals surface area contributed by atoms with Gasteiger partial charge in [0, 0.05) is 60.3 Å². The normalized spacial score (nSPS) is 24.0. The van der Waals surface area contributed by atoms with Gasteiger partial charge in [-0.25, -0.2) is 14.2 Å². The number of nitrogens with one attached hydrogen (secondary N) is 2. The average Bonchev–Trinajstić information content (AvgIpc) is 3.21. The number of imide groups is 1. The van der Waals surface area contributed by atoms with E-state index < -0.39 is 66.2 Å². The molecule has 41 heavy (non-hydrogen) atoms. The number of pyridine rings is 1. The predicted octanol–water partition coefficient (Wildman–Crippen LogP) is 2.81. The Bertz CT molecular complexity index is 1450. The zero-order valence-corrected chi connectivity index (χ0v) is 21.6. The zero-order valence-electron chi connectivity index (χ0n) is 20.9. The second-order valence-corrected chi connectivity index (χ2v) is 10.2. The molecular formula is C25H21ClF4N4O7. The van der Waals surface area contributed by atoms with Crippen LogP contribution < -0.4 is 15.4 Å². The first-order valence-electron chi connectivity index (χ1n) is 12.3. The van der Waals surface area contributed by atoms with E-state index in [0.717, 1.165) is 11.1 Å². The number of rotatable bonds is 6. The fourth-order valence-electron chi connectivity index (χ4n) is 5.13. The molecule has 1 atom stereocenters. The molecule has 3 heterocycles. The number of halogens is 5. The standard InChI is InChI=1S/C25H21ClF4N4O7/c26-15-6-11(19(27)18-13(15)10-34(22(18)37)16-3-4-17(35)33-20(16)36)9-32-23(38)40-12-7-24(39,8-12)14-2-1-5-31-21(14)41-25(28,29)30/h1-2,5-6,12,16,39H,3-4,7-10H2,(H,32,38)(H,33,35,36)/t12?,16-,24?/m1/s1. The van der Waals surface area contributed by atoms with Crippen molar-refractivity contribution in [2.75, 3.05) is 0 Å². The van der Waals surface area contributed by atoms with E-state index >= 15 is 4.39 Å². The Labute approximate surface area is 233 Å². The van der Waals surface area contributed by atoms with Crippen LogP contribution in [-0.2, 0) is 33.0 Å². The topological polar surface area (TPSA) is 147 Å². The van der Waals surface area contributed by atoms with Gasteiger partial charge in [0.05, 0.1) is 5.56 Å². The van der Waals surface area contributed by atoms with Gasteiger partial charge in [-0.15, -0.1) is 13.2 Å². The van der Waals surface area contributed by atoms with E-state index in [1.54, 1.807) is 0 Å². The molecule has 0 bridgehead atoms. The molecule has 0 unspecified atom stereocenters. The van der Waals surface area contributed by atoms with Gasteiger partial charge >= 0.3 is 12.5 Å². The minimum Gasteiger partial charge on any atom is -0.446 e. The Morgan fingerprint density at radius 2 is 2.02 bits per heavy atom. The molecule has 218 valence electrons. The van der Waals surface area contributed by atoms with Gasteiger partial charge in [-0.3, -0.25) is 19.7 Å². The molecule has 0 spiro atoms. The van der Waals surface area contributed by atoms with E-state index in [4.69, 9.17) is 16.3 Å². The van der Waals surface area contributed by atoms with Gasteiger partial charge in [0.1, 0.15) is 23.6 Å². The van der Waals surface area contributed by atoms with Gasteiger partial charge in [-0.2, -0.15) is 0 Å². The first-order valence-corrected chi connectivity index (χ1v) is 12.7. The number of hydrogen-bond donors (Lipinski definition) is 3. The molecule has 3 aliphatic rings. The van der Waals surface area contributed by atoms with Crippen LogP contribution in [0.1, 0.15) is 52.7 Å². The number of aromatic nitrogens is 1. The second kappa shape index (κ2) is 10.4. The molecule has 1 aromatic heterocycles. The molecule has 5 rings (SSSR count). The lowest BCUT2D eigenvalue weighted by atomic mass is 9.73. The number of alkyl carbamates (subject to hydrolysis) is 1. The van der Waals surface area contributed by atoms with Crippen molar-refractivity contribution < 1.29 is 51.3 Å². The van der Waals surface area contributed by atoms with Crippen molar-refractivity contribution in [2.24, 2.45) is 0 Å². The van der Waals surface area contributed by atoms with Crippen LogP contribution in [0.3, 0.4) is 0 Å². The lowest BCUT2D eigenvalue weighted by Crippen LogP contribution is -2.52. The molecule has 1 aromatic carbocycles. The van der Waals surface area contributed by atoms with Crippen molar-refractivity contribution in [3.05, 3.63) is 57.5 Å². The summed E-state index contributed by atoms with van der Waals surface area (Å²) < 4.78 is 62.4. The van der Waals surface area contributed by atoms with Gasteiger partial charge in [-0.05, 0) is 24.6 Å². The summed E-state index contributed by atoms with van der Waals surface area (Å²) in [5, 5.41) is 15.2. The first kappa shape index (κ1) is 28.5. The molecule has 0 radical (unpaired) electrons. The fraction of sp³-hybridized carbons (Fsp3) is 0.400. The maximum atomic E-state index is 15.4. The third kappa shape index (κ3) is 5.63. The van der Waals surface area contributed by atoms with E-state index in [1.807, 2.05) is 0 Å². The highest BCUT2D eigenvalue weighted by Crippen LogP contribution is 2.46. The monoisotopic (exact) mass is 600 g/mol. The summed E-state index contributed by atoms with van der Waals surface area (Å²) in [6, 6.07) is 2.79. The minimum absolute atomic E-state index is 0.0210. The Kier molecular flexibility index (Phi) is 7.27. The number of carbonyl (C=O) groups is 4. The lowest BCUT2D eigenvalue weighted by Gasteiger charge is -2.43. The van der Waals surface area contributed by atoms with E-state index in [-0.39, 0.29) is 59.5 Å². The number of carbonyl (C=O) groups excluding carboxylic acids is 4. The van der Waals surface area contributed by atoms with Crippen molar-refractivity contribution in [1.29, 1.82) is 0 Å². The quantitative estimate of drug-likeness (QED) is 0.339. The number of benzene rings is 1. The molecule has 11 nitrogen and oxygen atoms in total. The zero-order chi connectivity index (χ0) is 29.7. The van der Waals surface area contributed by atoms with Crippen LogP contribution in [0.5, 0.6) is 5.88 Å². The molecule has 2 fully saturated rings. The molecule has 1 saturated heterocycles. The highest BCUT2D eigenvalue weighted by molar-refractivity contribution is 6.32. The van der Waals surface area contributed by atoms with Gasteiger partial charge in [0.25, 0.3) is 5.91 Å². The molecule has 1 aliphatic carbocycles. The van der Waals surface area contributed by atoms with Crippen molar-refractivity contribution in [2.45, 2.75) is 62.9 Å². The van der Waals surface area contributed by atoms with Crippen molar-refractivity contribution in [3.63, 3.8) is 0 Å². The number of alkyl halides is 3. The van der Waals surface area contributed by atoms with Crippen LogP contribution in [-0.4, -0.2) is 57.3 Å². The third-order valence-electron chi connectivity index (χ3n) is 7.09. The number of fused-ring (bicyclic) bond motifs is 1. The van der Waals surface area contributed by atoms with Gasteiger partial charge in [0.2, 0.25) is 17.7 Å². The maximum Gasteiger partial charge on any atom is 0.574 e. The minimum atomic E-state index is -5.03. The van der Waals surface area contributed by atoms with Crippen molar-refractivity contribution in [1.82, 2.24) is 20.5 Å². The Balaban J connectivity index is 1.20. The molecule has 2 aliphatic heterocycles. The van der Waals surface area contributed by atoms with Crippen LogP contribution in [0.4, 0.5) is 22.4 Å². The van der Waals surface area contributed by atoms with E-state index in [9.17, 15) is 37.5 Å². The van der Waals surface area contributed by atoms with Crippen LogP contribution in [0, 0.1) is 5.82 Å². The van der Waals surface area contributed by atoms with Crippen LogP contribution >= 0.6 is 11.6 Å². The third-order valence-corrected chi connectivity index (χ3v) is 7.43. The molecule has 16 heteroatoms. The molecule has 1 saturated carbocycles. The van der Waals surface area contributed by atoms with Crippen LogP contribution in [0.2, 0.25) is 5.02 Å². The summed E-state index contributed by atoms with van der Waals surface area (Å²) in [6.45, 7) is -0.574. The highest BCUT2D eigenvalue weighted by Gasteiger charge is 2.49. The first-order chi connectivity index (χ1) is 19.3. The smallest absolute Gasteiger partial charge is 0.446 e. The summed E-state index contributed by atoms with van der Waals surface area (Å²) in [4.78, 5) is 53.7. The van der Waals surface area contributed by atoms with E-state index in [0.29, 0.717) is 0 Å². The van der Waals surface area contributed by atoms with Crippen molar-refractivity contribution in [3.8, 4) is 5.88 Å². The lowest BCUT2D eigenvalue weighted by molar-refractivity contribution is -0.277. The van der Waals surface area contributed by atoms with Gasteiger partial charge in [0.15, 0.2) is 0 Å². The SMILES string of the molecule is O=C1CC[C@@H](N2Cc3c(Cl)cc(CNC(=O)OC4CC(O)(c5cccnc5OC(F)(F)F)C4)c(F)c3C2=O)C(=O)N1.